The first kappa shape index (κ1) is 21.9. The summed E-state index contributed by atoms with van der Waals surface area (Å²) in [4.78, 5) is 14.4. The maximum atomic E-state index is 15.4. The lowest BCUT2D eigenvalue weighted by atomic mass is 9.48. The van der Waals surface area contributed by atoms with Gasteiger partial charge in [-0.05, 0) is 99.6 Å². The van der Waals surface area contributed by atoms with Gasteiger partial charge in [0.05, 0.1) is 18.3 Å². The van der Waals surface area contributed by atoms with Crippen molar-refractivity contribution in [2.75, 3.05) is 6.26 Å². The molecule has 0 spiro atoms. The average Bonchev–Trinajstić information content (AvgIpc) is 3.31. The Hall–Kier alpha value is -0.880. The lowest BCUT2D eigenvalue weighted by Gasteiger charge is -2.57. The van der Waals surface area contributed by atoms with Gasteiger partial charge in [-0.25, -0.2) is 4.39 Å². The Morgan fingerprint density at radius 3 is 2.68 bits per heavy atom. The number of hydrogen-bond donors (Lipinski definition) is 1. The summed E-state index contributed by atoms with van der Waals surface area (Å²) in [6.45, 7) is 4.56. The second-order valence-corrected chi connectivity index (χ2v) is 12.4. The number of Topliss-reactive ketones (excluding diaryl/α,β-unsaturated/α-hetero) is 1. The Morgan fingerprint density at radius 2 is 1.94 bits per heavy atom. The summed E-state index contributed by atoms with van der Waals surface area (Å²) in [5.74, 6) is 2.27. The number of halogens is 1. The fourth-order valence-corrected chi connectivity index (χ4v) is 8.72. The molecule has 172 valence electrons. The zero-order valence-corrected chi connectivity index (χ0v) is 19.9. The van der Waals surface area contributed by atoms with E-state index >= 15 is 4.39 Å². The molecule has 0 unspecified atom stereocenters. The smallest absolute Gasteiger partial charge is 0.157 e. The number of ketones is 1. The van der Waals surface area contributed by atoms with Gasteiger partial charge in [0.1, 0.15) is 6.17 Å². The Balaban J connectivity index is 1.32. The van der Waals surface area contributed by atoms with Crippen molar-refractivity contribution in [2.45, 2.75) is 88.4 Å². The Morgan fingerprint density at radius 1 is 1.19 bits per heavy atom. The standard InChI is InChI=1S/C25H37FN2O2S/c1-24(30)8-6-17-16-7-9-25(2)20(18(16)10-22(26)19(17)11-24)4-5-21(25)23(29)14-28-13-15(31-3)12-27-28/h12-13,16-22,30H,4-11,14H2,1-3H3/t16-,17-,18-,19+,20+,21-,22-,24-,25+/m1/s1. The Labute approximate surface area is 189 Å². The number of hydrogen-bond acceptors (Lipinski definition) is 4. The number of rotatable bonds is 4. The van der Waals surface area contributed by atoms with Crippen LogP contribution in [0.25, 0.3) is 0 Å². The van der Waals surface area contributed by atoms with Crippen LogP contribution in [-0.4, -0.2) is 38.7 Å². The maximum absolute atomic E-state index is 15.4. The largest absolute Gasteiger partial charge is 0.390 e. The monoisotopic (exact) mass is 448 g/mol. The second-order valence-electron chi connectivity index (χ2n) is 11.5. The second kappa shape index (κ2) is 7.86. The van der Waals surface area contributed by atoms with Gasteiger partial charge < -0.3 is 5.11 Å². The maximum Gasteiger partial charge on any atom is 0.157 e. The molecular formula is C25H37FN2O2S. The molecule has 4 fully saturated rings. The number of nitrogens with zero attached hydrogens (tertiary/aromatic N) is 2. The first-order chi connectivity index (χ1) is 14.7. The van der Waals surface area contributed by atoms with Gasteiger partial charge in [-0.15, -0.1) is 11.8 Å². The van der Waals surface area contributed by atoms with E-state index in [1.165, 1.54) is 0 Å². The number of carbonyl (C=O) groups is 1. The van der Waals surface area contributed by atoms with Crippen molar-refractivity contribution in [3.05, 3.63) is 12.4 Å². The van der Waals surface area contributed by atoms with E-state index in [0.717, 1.165) is 43.4 Å². The summed E-state index contributed by atoms with van der Waals surface area (Å²) in [6, 6.07) is 0. The minimum atomic E-state index is -0.802. The molecule has 4 nitrogen and oxygen atoms in total. The van der Waals surface area contributed by atoms with Gasteiger partial charge in [-0.3, -0.25) is 9.48 Å². The summed E-state index contributed by atoms with van der Waals surface area (Å²) in [7, 11) is 0. The first-order valence-electron chi connectivity index (χ1n) is 12.2. The van der Waals surface area contributed by atoms with Crippen LogP contribution >= 0.6 is 11.8 Å². The van der Waals surface area contributed by atoms with Crippen molar-refractivity contribution in [1.29, 1.82) is 0 Å². The SMILES string of the molecule is CSc1cnn(CC(=O)[C@H]2CC[C@H]3[C@@H]4C[C@@H](F)[C@H]5C[C@](C)(O)CC[C@@H]5[C@H]4CC[C@]23C)c1. The Bertz CT molecular complexity index is 841. The van der Waals surface area contributed by atoms with Gasteiger partial charge in [-0.1, -0.05) is 6.92 Å². The van der Waals surface area contributed by atoms with E-state index in [4.69, 9.17) is 0 Å². The lowest BCUT2D eigenvalue weighted by Crippen LogP contribution is -2.54. The van der Waals surface area contributed by atoms with Gasteiger partial charge in [0.2, 0.25) is 0 Å². The van der Waals surface area contributed by atoms with E-state index in [1.807, 2.05) is 25.6 Å². The van der Waals surface area contributed by atoms with E-state index in [0.29, 0.717) is 48.8 Å². The third-order valence-electron chi connectivity index (χ3n) is 9.80. The van der Waals surface area contributed by atoms with Gasteiger partial charge in [0.25, 0.3) is 0 Å². The molecule has 6 heteroatoms. The van der Waals surface area contributed by atoms with E-state index in [1.54, 1.807) is 16.4 Å². The molecule has 4 aliphatic rings. The van der Waals surface area contributed by atoms with E-state index < -0.39 is 11.8 Å². The van der Waals surface area contributed by atoms with Crippen LogP contribution in [-0.2, 0) is 11.3 Å². The number of carbonyl (C=O) groups excluding carboxylic acids is 1. The summed E-state index contributed by atoms with van der Waals surface area (Å²) >= 11 is 1.64. The van der Waals surface area contributed by atoms with Crippen molar-refractivity contribution in [1.82, 2.24) is 9.78 Å². The molecule has 1 aromatic heterocycles. The van der Waals surface area contributed by atoms with Crippen LogP contribution in [0.15, 0.2) is 17.3 Å². The summed E-state index contributed by atoms with van der Waals surface area (Å²) in [6.07, 6.45) is 12.2. The minimum absolute atomic E-state index is 0.000452. The van der Waals surface area contributed by atoms with Crippen molar-refractivity contribution >= 4 is 17.5 Å². The molecule has 1 heterocycles. The van der Waals surface area contributed by atoms with Crippen molar-refractivity contribution < 1.29 is 14.3 Å². The highest BCUT2D eigenvalue weighted by atomic mass is 32.2. The average molecular weight is 449 g/mol. The molecule has 0 saturated heterocycles. The molecule has 4 saturated carbocycles. The Kier molecular flexibility index (Phi) is 5.56. The molecule has 0 aliphatic heterocycles. The van der Waals surface area contributed by atoms with Crippen molar-refractivity contribution in [2.24, 2.45) is 40.9 Å². The highest BCUT2D eigenvalue weighted by Crippen LogP contribution is 2.65. The van der Waals surface area contributed by atoms with E-state index in [2.05, 4.69) is 12.0 Å². The number of fused-ring (bicyclic) bond motifs is 5. The van der Waals surface area contributed by atoms with Gasteiger partial charge in [0, 0.05) is 17.0 Å². The predicted molar refractivity (Wildman–Crippen MR) is 121 cm³/mol. The number of aliphatic hydroxyl groups is 1. The molecule has 1 aromatic rings. The molecule has 31 heavy (non-hydrogen) atoms. The molecule has 0 amide bonds. The fourth-order valence-electron chi connectivity index (χ4n) is 8.34. The third-order valence-corrected chi connectivity index (χ3v) is 10.5. The lowest BCUT2D eigenvalue weighted by molar-refractivity contribution is -0.139. The molecule has 9 atom stereocenters. The number of thioether (sulfide) groups is 1. The number of alkyl halides is 1. The summed E-state index contributed by atoms with van der Waals surface area (Å²) in [5.41, 5.74) is -0.699. The molecular weight excluding hydrogens is 411 g/mol. The quantitative estimate of drug-likeness (QED) is 0.648. The predicted octanol–water partition coefficient (Wildman–Crippen LogP) is 5.14. The highest BCUT2D eigenvalue weighted by molar-refractivity contribution is 7.98. The van der Waals surface area contributed by atoms with Crippen LogP contribution in [0.4, 0.5) is 4.39 Å². The molecule has 0 radical (unpaired) electrons. The number of aromatic nitrogens is 2. The van der Waals surface area contributed by atoms with Crippen LogP contribution in [0.1, 0.15) is 65.2 Å². The third kappa shape index (κ3) is 3.70. The first-order valence-corrected chi connectivity index (χ1v) is 13.4. The van der Waals surface area contributed by atoms with Crippen LogP contribution < -0.4 is 0 Å². The topological polar surface area (TPSA) is 55.1 Å². The molecule has 5 rings (SSSR count). The highest BCUT2D eigenvalue weighted by Gasteiger charge is 2.60. The van der Waals surface area contributed by atoms with E-state index in [9.17, 15) is 9.90 Å². The zero-order valence-electron chi connectivity index (χ0n) is 19.1. The van der Waals surface area contributed by atoms with E-state index in [-0.39, 0.29) is 17.3 Å². The van der Waals surface area contributed by atoms with Crippen molar-refractivity contribution in [3.8, 4) is 0 Å². The molecule has 0 bridgehead atoms. The van der Waals surface area contributed by atoms with Gasteiger partial charge >= 0.3 is 0 Å². The normalized spacial score (nSPS) is 46.8. The minimum Gasteiger partial charge on any atom is -0.390 e. The van der Waals surface area contributed by atoms with Gasteiger partial charge in [-0.2, -0.15) is 5.10 Å². The summed E-state index contributed by atoms with van der Waals surface area (Å²) in [5, 5.41) is 14.9. The fraction of sp³-hybridized carbons (Fsp3) is 0.840. The zero-order chi connectivity index (χ0) is 22.0. The van der Waals surface area contributed by atoms with Crippen molar-refractivity contribution in [3.63, 3.8) is 0 Å². The van der Waals surface area contributed by atoms with Gasteiger partial charge in [0.15, 0.2) is 5.78 Å². The summed E-state index contributed by atoms with van der Waals surface area (Å²) < 4.78 is 17.2. The van der Waals surface area contributed by atoms with Crippen LogP contribution in [0.2, 0.25) is 0 Å². The molecule has 0 aromatic carbocycles. The molecule has 1 N–H and O–H groups in total. The van der Waals surface area contributed by atoms with Crippen LogP contribution in [0, 0.1) is 40.9 Å². The van der Waals surface area contributed by atoms with Crippen LogP contribution in [0.5, 0.6) is 0 Å². The molecule has 4 aliphatic carbocycles. The van der Waals surface area contributed by atoms with Crippen LogP contribution in [0.3, 0.4) is 0 Å².